The van der Waals surface area contributed by atoms with Crippen molar-refractivity contribution in [3.63, 3.8) is 0 Å². The summed E-state index contributed by atoms with van der Waals surface area (Å²) in [7, 11) is 1.86. The van der Waals surface area contributed by atoms with Crippen LogP contribution in [0.3, 0.4) is 0 Å². The van der Waals surface area contributed by atoms with Crippen molar-refractivity contribution in [1.29, 1.82) is 0 Å². The molecule has 0 spiro atoms. The van der Waals surface area contributed by atoms with Crippen molar-refractivity contribution in [3.05, 3.63) is 42.0 Å². The number of rotatable bonds is 4. The van der Waals surface area contributed by atoms with E-state index in [2.05, 4.69) is 32.1 Å². The first-order chi connectivity index (χ1) is 9.28. The van der Waals surface area contributed by atoms with Gasteiger partial charge in [0.25, 0.3) is 0 Å². The second-order valence-corrected chi connectivity index (χ2v) is 4.58. The summed E-state index contributed by atoms with van der Waals surface area (Å²) < 4.78 is 3.81. The molecule has 3 aromatic heterocycles. The first-order valence-corrected chi connectivity index (χ1v) is 6.26. The van der Waals surface area contributed by atoms with Crippen LogP contribution in [0.2, 0.25) is 0 Å². The third-order valence-corrected chi connectivity index (χ3v) is 3.11. The lowest BCUT2D eigenvalue weighted by atomic mass is 10.2. The van der Waals surface area contributed by atoms with E-state index in [0.29, 0.717) is 13.1 Å². The zero-order valence-corrected chi connectivity index (χ0v) is 10.8. The molecule has 6 heteroatoms. The van der Waals surface area contributed by atoms with Gasteiger partial charge in [0.2, 0.25) is 0 Å². The molecule has 3 rings (SSSR count). The van der Waals surface area contributed by atoms with Gasteiger partial charge in [0.05, 0.1) is 6.54 Å². The molecular formula is C13H16N6. The SMILES string of the molecule is Cn1cc(Cn2cc(CCN)c3cccnc32)nn1. The van der Waals surface area contributed by atoms with Gasteiger partial charge in [-0.15, -0.1) is 5.10 Å². The molecule has 0 aliphatic carbocycles. The van der Waals surface area contributed by atoms with Crippen LogP contribution in [0, 0.1) is 0 Å². The molecule has 0 saturated heterocycles. The van der Waals surface area contributed by atoms with Crippen LogP contribution in [0.1, 0.15) is 11.3 Å². The summed E-state index contributed by atoms with van der Waals surface area (Å²) in [5, 5.41) is 9.23. The van der Waals surface area contributed by atoms with E-state index in [1.807, 2.05) is 25.5 Å². The summed E-state index contributed by atoms with van der Waals surface area (Å²) in [5.41, 5.74) is 8.78. The van der Waals surface area contributed by atoms with E-state index in [-0.39, 0.29) is 0 Å². The highest BCUT2D eigenvalue weighted by molar-refractivity contribution is 5.80. The van der Waals surface area contributed by atoms with Crippen molar-refractivity contribution in [3.8, 4) is 0 Å². The number of pyridine rings is 1. The Labute approximate surface area is 110 Å². The molecule has 3 heterocycles. The fourth-order valence-electron chi connectivity index (χ4n) is 2.31. The molecule has 0 aromatic carbocycles. The monoisotopic (exact) mass is 256 g/mol. The van der Waals surface area contributed by atoms with E-state index in [1.165, 1.54) is 5.56 Å². The summed E-state index contributed by atoms with van der Waals surface area (Å²) in [4.78, 5) is 4.45. The minimum absolute atomic E-state index is 0.638. The Morgan fingerprint density at radius 2 is 2.21 bits per heavy atom. The maximum absolute atomic E-state index is 5.66. The summed E-state index contributed by atoms with van der Waals surface area (Å²) in [6.45, 7) is 1.31. The molecule has 0 bridgehead atoms. The van der Waals surface area contributed by atoms with Crippen molar-refractivity contribution < 1.29 is 0 Å². The zero-order chi connectivity index (χ0) is 13.2. The molecular weight excluding hydrogens is 240 g/mol. The van der Waals surface area contributed by atoms with Crippen LogP contribution < -0.4 is 5.73 Å². The van der Waals surface area contributed by atoms with Crippen molar-refractivity contribution >= 4 is 11.0 Å². The topological polar surface area (TPSA) is 74.5 Å². The predicted octanol–water partition coefficient (Wildman–Crippen LogP) is 0.714. The van der Waals surface area contributed by atoms with E-state index in [1.54, 1.807) is 4.68 Å². The van der Waals surface area contributed by atoms with Crippen LogP contribution in [-0.4, -0.2) is 31.1 Å². The Hall–Kier alpha value is -2.21. The molecule has 0 aliphatic heterocycles. The second-order valence-electron chi connectivity index (χ2n) is 4.58. The van der Waals surface area contributed by atoms with E-state index in [9.17, 15) is 0 Å². The third-order valence-electron chi connectivity index (χ3n) is 3.11. The highest BCUT2D eigenvalue weighted by Gasteiger charge is 2.10. The molecule has 19 heavy (non-hydrogen) atoms. The number of nitrogens with two attached hydrogens (primary N) is 1. The highest BCUT2D eigenvalue weighted by atomic mass is 15.4. The third kappa shape index (κ3) is 2.22. The van der Waals surface area contributed by atoms with Gasteiger partial charge in [-0.05, 0) is 30.7 Å². The van der Waals surface area contributed by atoms with Gasteiger partial charge in [-0.25, -0.2) is 4.98 Å². The standard InChI is InChI=1S/C13H16N6/c1-18-8-11(16-17-18)9-19-7-10(4-5-14)12-3-2-6-15-13(12)19/h2-3,6-8H,4-5,9,14H2,1H3. The fraction of sp³-hybridized carbons (Fsp3) is 0.308. The van der Waals surface area contributed by atoms with Gasteiger partial charge in [-0.3, -0.25) is 4.68 Å². The summed E-state index contributed by atoms with van der Waals surface area (Å²) >= 11 is 0. The van der Waals surface area contributed by atoms with Gasteiger partial charge in [-0.1, -0.05) is 5.21 Å². The van der Waals surface area contributed by atoms with Gasteiger partial charge < -0.3 is 10.3 Å². The second kappa shape index (κ2) is 4.81. The zero-order valence-electron chi connectivity index (χ0n) is 10.8. The summed E-state index contributed by atoms with van der Waals surface area (Å²) in [5.74, 6) is 0. The van der Waals surface area contributed by atoms with Crippen molar-refractivity contribution in [2.75, 3.05) is 6.54 Å². The molecule has 2 N–H and O–H groups in total. The number of aromatic nitrogens is 5. The lowest BCUT2D eigenvalue weighted by Crippen LogP contribution is -2.02. The maximum Gasteiger partial charge on any atom is 0.140 e. The summed E-state index contributed by atoms with van der Waals surface area (Å²) in [6, 6.07) is 4.04. The Bertz CT molecular complexity index is 696. The number of hydrogen-bond acceptors (Lipinski definition) is 4. The summed E-state index contributed by atoms with van der Waals surface area (Å²) in [6.07, 6.45) is 6.69. The fourth-order valence-corrected chi connectivity index (χ4v) is 2.31. The Morgan fingerprint density at radius 1 is 1.32 bits per heavy atom. The Morgan fingerprint density at radius 3 is 2.95 bits per heavy atom. The highest BCUT2D eigenvalue weighted by Crippen LogP contribution is 2.20. The van der Waals surface area contributed by atoms with Gasteiger partial charge >= 0.3 is 0 Å². The van der Waals surface area contributed by atoms with Crippen LogP contribution in [0.5, 0.6) is 0 Å². The van der Waals surface area contributed by atoms with Gasteiger partial charge in [-0.2, -0.15) is 0 Å². The van der Waals surface area contributed by atoms with Gasteiger partial charge in [0.15, 0.2) is 0 Å². The molecule has 0 radical (unpaired) electrons. The van der Waals surface area contributed by atoms with Crippen molar-refractivity contribution in [1.82, 2.24) is 24.5 Å². The molecule has 3 aromatic rings. The average Bonchev–Trinajstić information content (AvgIpc) is 2.97. The Balaban J connectivity index is 2.03. The molecule has 6 nitrogen and oxygen atoms in total. The maximum atomic E-state index is 5.66. The van der Waals surface area contributed by atoms with Crippen LogP contribution in [0.15, 0.2) is 30.7 Å². The molecule has 0 fully saturated rings. The van der Waals surface area contributed by atoms with E-state index < -0.39 is 0 Å². The molecule has 0 unspecified atom stereocenters. The van der Waals surface area contributed by atoms with Crippen LogP contribution in [0.4, 0.5) is 0 Å². The molecule has 0 amide bonds. The van der Waals surface area contributed by atoms with Crippen molar-refractivity contribution in [2.45, 2.75) is 13.0 Å². The first-order valence-electron chi connectivity index (χ1n) is 6.26. The molecule has 0 saturated carbocycles. The number of nitrogens with zero attached hydrogens (tertiary/aromatic N) is 5. The quantitative estimate of drug-likeness (QED) is 0.746. The van der Waals surface area contributed by atoms with Crippen LogP contribution >= 0.6 is 0 Å². The Kier molecular flexibility index (Phi) is 3.00. The average molecular weight is 256 g/mol. The first kappa shape index (κ1) is 11.9. The van der Waals surface area contributed by atoms with Crippen LogP contribution in [0.25, 0.3) is 11.0 Å². The lowest BCUT2D eigenvalue weighted by molar-refractivity contribution is 0.710. The van der Waals surface area contributed by atoms with E-state index in [4.69, 9.17) is 5.73 Å². The van der Waals surface area contributed by atoms with Crippen molar-refractivity contribution in [2.24, 2.45) is 12.8 Å². The number of aryl methyl sites for hydroxylation is 1. The van der Waals surface area contributed by atoms with Gasteiger partial charge in [0, 0.05) is 31.0 Å². The largest absolute Gasteiger partial charge is 0.330 e. The van der Waals surface area contributed by atoms with E-state index in [0.717, 1.165) is 23.1 Å². The minimum Gasteiger partial charge on any atom is -0.330 e. The molecule has 0 atom stereocenters. The molecule has 0 aliphatic rings. The van der Waals surface area contributed by atoms with Gasteiger partial charge in [0.1, 0.15) is 11.3 Å². The normalized spacial score (nSPS) is 11.3. The minimum atomic E-state index is 0.638. The predicted molar refractivity (Wildman–Crippen MR) is 72.6 cm³/mol. The lowest BCUT2D eigenvalue weighted by Gasteiger charge is -2.00. The number of hydrogen-bond donors (Lipinski definition) is 1. The number of fused-ring (bicyclic) bond motifs is 1. The van der Waals surface area contributed by atoms with Crippen LogP contribution in [-0.2, 0) is 20.0 Å². The smallest absolute Gasteiger partial charge is 0.140 e. The molecule has 98 valence electrons. The van der Waals surface area contributed by atoms with E-state index >= 15 is 0 Å².